The molecule has 24 nitrogen and oxygen atoms in total. The molecular formula is C71H131NO23. The van der Waals surface area contributed by atoms with E-state index in [1.54, 1.807) is 5.57 Å². The first-order valence-corrected chi connectivity index (χ1v) is 36.3. The Hall–Kier alpha value is -2.12. The van der Waals surface area contributed by atoms with Gasteiger partial charge in [0.15, 0.2) is 0 Å². The van der Waals surface area contributed by atoms with Crippen LogP contribution in [-0.2, 0) is 104 Å². The Morgan fingerprint density at radius 2 is 0.768 bits per heavy atom. The normalized spacial score (nSPS) is 22.0. The summed E-state index contributed by atoms with van der Waals surface area (Å²) in [7, 11) is 0. The fourth-order valence-corrected chi connectivity index (χ4v) is 13.6. The van der Waals surface area contributed by atoms with Gasteiger partial charge in [0.05, 0.1) is 264 Å². The highest BCUT2D eigenvalue weighted by Crippen LogP contribution is 2.67. The minimum Gasteiger partial charge on any atom is -0.446 e. The first kappa shape index (κ1) is 85.3. The van der Waals surface area contributed by atoms with Crippen molar-refractivity contribution in [2.75, 3.05) is 271 Å². The van der Waals surface area contributed by atoms with Gasteiger partial charge in [-0.05, 0) is 91.3 Å². The van der Waals surface area contributed by atoms with Crippen molar-refractivity contribution in [3.63, 3.8) is 0 Å². The Kier molecular flexibility index (Phi) is 52.5. The minimum atomic E-state index is -0.348. The molecule has 24 heteroatoms. The second kappa shape index (κ2) is 58.5. The third-order valence-electron chi connectivity index (χ3n) is 18.5. The minimum absolute atomic E-state index is 0.0598. The molecule has 0 heterocycles. The predicted molar refractivity (Wildman–Crippen MR) is 358 cm³/mol. The molecule has 4 rings (SSSR count). The summed E-state index contributed by atoms with van der Waals surface area (Å²) in [4.78, 5) is 23.0. The number of allylic oxidation sites excluding steroid dienone is 1. The summed E-state index contributed by atoms with van der Waals surface area (Å²) in [6.45, 7) is 32.0. The summed E-state index contributed by atoms with van der Waals surface area (Å²) >= 11 is 0. The molecule has 1 N–H and O–H groups in total. The molecule has 0 aromatic carbocycles. The summed E-state index contributed by atoms with van der Waals surface area (Å²) < 4.78 is 116. The quantitative estimate of drug-likeness (QED) is 0.0344. The molecule has 558 valence electrons. The number of carbonyl (C=O) groups is 2. The maximum absolute atomic E-state index is 12.8. The van der Waals surface area contributed by atoms with Gasteiger partial charge in [-0.25, -0.2) is 4.79 Å². The van der Waals surface area contributed by atoms with E-state index in [9.17, 15) is 9.59 Å². The Morgan fingerprint density at radius 3 is 1.11 bits per heavy atom. The molecule has 0 radical (unpaired) electrons. The first-order valence-electron chi connectivity index (χ1n) is 36.3. The molecular weight excluding hydrogens is 1230 g/mol. The number of rotatable bonds is 69. The molecule has 8 atom stereocenters. The van der Waals surface area contributed by atoms with Crippen molar-refractivity contribution < 1.29 is 109 Å². The van der Waals surface area contributed by atoms with E-state index >= 15 is 0 Å². The molecule has 0 aromatic rings. The van der Waals surface area contributed by atoms with E-state index in [1.807, 2.05) is 0 Å². The van der Waals surface area contributed by atoms with Crippen LogP contribution in [-0.4, -0.2) is 289 Å². The molecule has 0 aliphatic heterocycles. The molecule has 0 aromatic heterocycles. The second-order valence-electron chi connectivity index (χ2n) is 25.7. The average molecular weight is 1370 g/mol. The second-order valence-corrected chi connectivity index (χ2v) is 25.7. The van der Waals surface area contributed by atoms with Gasteiger partial charge in [0.1, 0.15) is 12.4 Å². The standard InChI is InChI=1S/C71H131NO23/c1-61(2)8-6-9-62(3)66-12-13-67-65-11-10-63-60-64(14-16-70(63,4)68(65)15-17-71(66,67)5)95-69(74)72-18-21-76-23-25-78-27-29-80-31-33-82-35-37-84-39-41-86-43-45-88-47-49-90-51-53-92-55-57-94-59-58-93-56-54-91-52-50-89-48-46-87-44-42-85-40-38-83-36-34-81-32-30-79-28-26-77-24-22-75-20-7-19-73/h10,19,61-62,64-68H,6-9,11-18,20-60H2,1-5H3,(H,72,74)/t62-,64+,65+,66-,67+,68+,70+,71-/m1/s1. The van der Waals surface area contributed by atoms with Crippen molar-refractivity contribution in [1.82, 2.24) is 5.32 Å². The van der Waals surface area contributed by atoms with E-state index in [1.165, 1.54) is 51.4 Å². The number of amides is 1. The lowest BCUT2D eigenvalue weighted by molar-refractivity contribution is -0.109. The van der Waals surface area contributed by atoms with Gasteiger partial charge in [0.2, 0.25) is 0 Å². The van der Waals surface area contributed by atoms with Gasteiger partial charge in [-0.3, -0.25) is 0 Å². The maximum Gasteiger partial charge on any atom is 0.407 e. The molecule has 0 spiro atoms. The molecule has 0 unspecified atom stereocenters. The predicted octanol–water partition coefficient (Wildman–Crippen LogP) is 8.04. The monoisotopic (exact) mass is 1370 g/mol. The highest BCUT2D eigenvalue weighted by molar-refractivity contribution is 5.67. The zero-order valence-corrected chi connectivity index (χ0v) is 59.6. The number of carbonyl (C=O) groups excluding carboxylic acids is 2. The lowest BCUT2D eigenvalue weighted by Gasteiger charge is -2.58. The number of alkyl carbamates (subject to hydrolysis) is 1. The number of hydrogen-bond donors (Lipinski definition) is 1. The summed E-state index contributed by atoms with van der Waals surface area (Å²) in [6.07, 6.45) is 17.2. The van der Waals surface area contributed by atoms with Crippen LogP contribution in [0.1, 0.15) is 112 Å². The van der Waals surface area contributed by atoms with Crippen LogP contribution in [0.3, 0.4) is 0 Å². The van der Waals surface area contributed by atoms with Crippen molar-refractivity contribution in [3.8, 4) is 0 Å². The van der Waals surface area contributed by atoms with Crippen LogP contribution in [0.4, 0.5) is 4.79 Å². The molecule has 0 saturated heterocycles. The van der Waals surface area contributed by atoms with Crippen LogP contribution in [0.2, 0.25) is 0 Å². The highest BCUT2D eigenvalue weighted by atomic mass is 16.6. The third kappa shape index (κ3) is 40.8. The average Bonchev–Trinajstić information content (AvgIpc) is 1.70. The summed E-state index contributed by atoms with van der Waals surface area (Å²) in [5.74, 6) is 4.93. The Bertz CT molecular complexity index is 1810. The molecule has 0 bridgehead atoms. The van der Waals surface area contributed by atoms with Crippen LogP contribution in [0.15, 0.2) is 11.6 Å². The Morgan fingerprint density at radius 1 is 0.432 bits per heavy atom. The third-order valence-corrected chi connectivity index (χ3v) is 18.5. The van der Waals surface area contributed by atoms with Gasteiger partial charge in [0, 0.05) is 19.4 Å². The van der Waals surface area contributed by atoms with Gasteiger partial charge in [0.25, 0.3) is 0 Å². The van der Waals surface area contributed by atoms with Crippen molar-refractivity contribution in [1.29, 1.82) is 0 Å². The van der Waals surface area contributed by atoms with Crippen LogP contribution < -0.4 is 5.32 Å². The Balaban J connectivity index is 0.749. The van der Waals surface area contributed by atoms with Crippen molar-refractivity contribution in [3.05, 3.63) is 11.6 Å². The number of nitrogens with one attached hydrogen (secondary N) is 1. The van der Waals surface area contributed by atoms with Crippen LogP contribution in [0, 0.1) is 46.3 Å². The van der Waals surface area contributed by atoms with E-state index in [4.69, 9.17) is 99.5 Å². The van der Waals surface area contributed by atoms with Crippen molar-refractivity contribution in [2.45, 2.75) is 118 Å². The lowest BCUT2D eigenvalue weighted by atomic mass is 9.47. The molecule has 3 saturated carbocycles. The molecule has 95 heavy (non-hydrogen) atoms. The number of ether oxygens (including phenoxy) is 21. The van der Waals surface area contributed by atoms with E-state index in [0.717, 1.165) is 61.1 Å². The number of aldehydes is 1. The fraction of sp³-hybridized carbons (Fsp3) is 0.944. The smallest absolute Gasteiger partial charge is 0.407 e. The SMILES string of the molecule is CC(C)CCC[C@@H](C)[C@H]1CC[C@H]2[C@@H]3CC=C4C[C@@H](OC(=O)NCCOCCOCCOCCOCCOCCOCCOCCOCCOCCOCCOCCOCCOCCOCCOCCOCCOCCOCCOCCOCCC=O)CC[C@]4(C)[C@H]3CC[C@]12C. The summed E-state index contributed by atoms with van der Waals surface area (Å²) in [6, 6.07) is 0. The van der Waals surface area contributed by atoms with Gasteiger partial charge in [-0.15, -0.1) is 0 Å². The van der Waals surface area contributed by atoms with Crippen LogP contribution in [0.25, 0.3) is 0 Å². The van der Waals surface area contributed by atoms with Crippen molar-refractivity contribution in [2.24, 2.45) is 46.3 Å². The zero-order chi connectivity index (χ0) is 67.6. The fourth-order valence-electron chi connectivity index (χ4n) is 13.6. The van der Waals surface area contributed by atoms with Gasteiger partial charge in [-0.2, -0.15) is 0 Å². The zero-order valence-electron chi connectivity index (χ0n) is 59.6. The van der Waals surface area contributed by atoms with E-state index < -0.39 is 0 Å². The summed E-state index contributed by atoms with van der Waals surface area (Å²) in [5.41, 5.74) is 2.28. The molecule has 3 fully saturated rings. The van der Waals surface area contributed by atoms with E-state index in [-0.39, 0.29) is 17.6 Å². The van der Waals surface area contributed by atoms with Gasteiger partial charge in [-0.1, -0.05) is 65.5 Å². The lowest BCUT2D eigenvalue weighted by Crippen LogP contribution is -2.51. The maximum atomic E-state index is 12.8. The molecule has 1 amide bonds. The van der Waals surface area contributed by atoms with Crippen molar-refractivity contribution >= 4 is 12.4 Å². The van der Waals surface area contributed by atoms with Gasteiger partial charge >= 0.3 is 6.09 Å². The van der Waals surface area contributed by atoms with Gasteiger partial charge < -0.3 is 110 Å². The summed E-state index contributed by atoms with van der Waals surface area (Å²) in [5, 5.41) is 2.89. The molecule has 4 aliphatic carbocycles. The number of hydrogen-bond acceptors (Lipinski definition) is 23. The first-order chi connectivity index (χ1) is 46.7. The highest BCUT2D eigenvalue weighted by Gasteiger charge is 2.59. The van der Waals surface area contributed by atoms with Crippen LogP contribution >= 0.6 is 0 Å². The van der Waals surface area contributed by atoms with E-state index in [0.29, 0.717) is 283 Å². The topological polar surface area (TPSA) is 240 Å². The van der Waals surface area contributed by atoms with E-state index in [2.05, 4.69) is 46.0 Å². The number of fused-ring (bicyclic) bond motifs is 5. The largest absolute Gasteiger partial charge is 0.446 e. The molecule has 4 aliphatic rings. The Labute approximate surface area is 571 Å². The van der Waals surface area contributed by atoms with Crippen LogP contribution in [0.5, 0.6) is 0 Å².